The van der Waals surface area contributed by atoms with Gasteiger partial charge >= 0.3 is 0 Å². The van der Waals surface area contributed by atoms with Gasteiger partial charge in [0.05, 0.1) is 5.56 Å². The van der Waals surface area contributed by atoms with Crippen LogP contribution in [0.25, 0.3) is 0 Å². The second kappa shape index (κ2) is 10.0. The van der Waals surface area contributed by atoms with Crippen molar-refractivity contribution in [2.24, 2.45) is 0 Å². The molecule has 1 saturated heterocycles. The van der Waals surface area contributed by atoms with Gasteiger partial charge in [-0.25, -0.2) is 4.39 Å². The summed E-state index contributed by atoms with van der Waals surface area (Å²) >= 11 is 0. The van der Waals surface area contributed by atoms with Crippen LogP contribution in [0.5, 0.6) is 5.75 Å². The molecule has 32 heavy (non-hydrogen) atoms. The van der Waals surface area contributed by atoms with Gasteiger partial charge in [0.2, 0.25) is 0 Å². The first-order valence-corrected chi connectivity index (χ1v) is 10.6. The van der Waals surface area contributed by atoms with Crippen molar-refractivity contribution in [1.82, 2.24) is 14.8 Å². The number of rotatable bonds is 5. The number of ether oxygens (including phenoxy) is 1. The summed E-state index contributed by atoms with van der Waals surface area (Å²) in [5.41, 5.74) is 1.53. The minimum atomic E-state index is -0.530. The molecule has 0 N–H and O–H groups in total. The molecular weight excluding hydrogens is 409 g/mol. The minimum absolute atomic E-state index is 0.0609. The molecule has 0 atom stereocenters. The molecule has 2 amide bonds. The zero-order chi connectivity index (χ0) is 22.3. The average Bonchev–Trinajstić information content (AvgIpc) is 3.09. The topological polar surface area (TPSA) is 62.7 Å². The van der Waals surface area contributed by atoms with E-state index in [9.17, 15) is 14.0 Å². The van der Waals surface area contributed by atoms with E-state index in [1.165, 1.54) is 12.1 Å². The molecule has 4 rings (SSSR count). The van der Waals surface area contributed by atoms with Crippen molar-refractivity contribution in [2.75, 3.05) is 26.2 Å². The van der Waals surface area contributed by atoms with E-state index >= 15 is 0 Å². The van der Waals surface area contributed by atoms with E-state index in [-0.39, 0.29) is 17.4 Å². The second-order valence-corrected chi connectivity index (χ2v) is 7.60. The molecule has 164 valence electrons. The number of nitrogens with zero attached hydrogens (tertiary/aromatic N) is 3. The molecule has 3 aromatic rings. The van der Waals surface area contributed by atoms with E-state index in [1.807, 2.05) is 18.2 Å². The molecule has 1 aliphatic heterocycles. The van der Waals surface area contributed by atoms with Crippen LogP contribution in [-0.2, 0) is 6.61 Å². The zero-order valence-corrected chi connectivity index (χ0v) is 17.6. The lowest BCUT2D eigenvalue weighted by molar-refractivity contribution is 0.0716. The number of amides is 2. The first-order chi connectivity index (χ1) is 15.6. The van der Waals surface area contributed by atoms with Crippen LogP contribution in [0.2, 0.25) is 0 Å². The van der Waals surface area contributed by atoms with Crippen LogP contribution >= 0.6 is 0 Å². The molecule has 6 nitrogen and oxygen atoms in total. The van der Waals surface area contributed by atoms with Crippen LogP contribution in [0, 0.1) is 5.82 Å². The number of carbonyl (C=O) groups excluding carboxylic acids is 2. The number of pyridine rings is 1. The Morgan fingerprint density at radius 1 is 0.906 bits per heavy atom. The number of halogens is 1. The van der Waals surface area contributed by atoms with Crippen molar-refractivity contribution < 1.29 is 18.7 Å². The first-order valence-electron chi connectivity index (χ1n) is 10.6. The summed E-state index contributed by atoms with van der Waals surface area (Å²) in [4.78, 5) is 33.2. The molecule has 0 unspecified atom stereocenters. The quantitative estimate of drug-likeness (QED) is 0.614. The highest BCUT2D eigenvalue weighted by atomic mass is 19.1. The van der Waals surface area contributed by atoms with Crippen LogP contribution in [0.15, 0.2) is 73.1 Å². The Labute approximate surface area is 186 Å². The summed E-state index contributed by atoms with van der Waals surface area (Å²) in [6, 6.07) is 16.8. The molecule has 1 aliphatic rings. The molecule has 2 aromatic carbocycles. The van der Waals surface area contributed by atoms with Crippen molar-refractivity contribution in [3.8, 4) is 5.75 Å². The van der Waals surface area contributed by atoms with Gasteiger partial charge in [-0.2, -0.15) is 0 Å². The van der Waals surface area contributed by atoms with Gasteiger partial charge in [0.1, 0.15) is 18.2 Å². The Bertz CT molecular complexity index is 1090. The van der Waals surface area contributed by atoms with E-state index in [1.54, 1.807) is 52.5 Å². The largest absolute Gasteiger partial charge is 0.489 e. The zero-order valence-electron chi connectivity index (χ0n) is 17.6. The molecule has 0 bridgehead atoms. The highest BCUT2D eigenvalue weighted by Gasteiger charge is 2.25. The van der Waals surface area contributed by atoms with Crippen LogP contribution in [0.3, 0.4) is 0 Å². The Balaban J connectivity index is 1.38. The van der Waals surface area contributed by atoms with Gasteiger partial charge in [-0.05, 0) is 42.8 Å². The fraction of sp³-hybridized carbons (Fsp3) is 0.240. The lowest BCUT2D eigenvalue weighted by Gasteiger charge is -2.22. The van der Waals surface area contributed by atoms with Crippen molar-refractivity contribution >= 4 is 11.8 Å². The lowest BCUT2D eigenvalue weighted by atomic mass is 10.2. The van der Waals surface area contributed by atoms with Crippen LogP contribution in [0.4, 0.5) is 4.39 Å². The van der Waals surface area contributed by atoms with Gasteiger partial charge in [-0.1, -0.05) is 24.3 Å². The Kier molecular flexibility index (Phi) is 6.75. The molecule has 1 aromatic heterocycles. The predicted molar refractivity (Wildman–Crippen MR) is 118 cm³/mol. The van der Waals surface area contributed by atoms with E-state index in [0.29, 0.717) is 50.5 Å². The van der Waals surface area contributed by atoms with Crippen molar-refractivity contribution in [1.29, 1.82) is 0 Å². The van der Waals surface area contributed by atoms with Crippen LogP contribution in [0.1, 0.15) is 32.7 Å². The van der Waals surface area contributed by atoms with Crippen LogP contribution < -0.4 is 4.74 Å². The van der Waals surface area contributed by atoms with Gasteiger partial charge < -0.3 is 14.5 Å². The number of carbonyl (C=O) groups is 2. The third kappa shape index (κ3) is 5.11. The molecule has 1 fully saturated rings. The van der Waals surface area contributed by atoms with Crippen molar-refractivity contribution in [2.45, 2.75) is 13.0 Å². The second-order valence-electron chi connectivity index (χ2n) is 7.60. The smallest absolute Gasteiger partial charge is 0.256 e. The highest BCUT2D eigenvalue weighted by molar-refractivity contribution is 5.95. The normalized spacial score (nSPS) is 14.0. The monoisotopic (exact) mass is 433 g/mol. The maximum Gasteiger partial charge on any atom is 0.256 e. The number of hydrogen-bond acceptors (Lipinski definition) is 4. The summed E-state index contributed by atoms with van der Waals surface area (Å²) in [5.74, 6) is -0.385. The SMILES string of the molecule is O=C(c1cccc(OCc2cccnc2)c1)N1CCCN(C(=O)c2ccccc2F)CC1. The average molecular weight is 433 g/mol. The van der Waals surface area contributed by atoms with Crippen LogP contribution in [-0.4, -0.2) is 52.8 Å². The summed E-state index contributed by atoms with van der Waals surface area (Å²) in [6.07, 6.45) is 4.07. The van der Waals surface area contributed by atoms with E-state index < -0.39 is 5.82 Å². The third-order valence-electron chi connectivity index (χ3n) is 5.38. The van der Waals surface area contributed by atoms with Gasteiger partial charge in [0, 0.05) is 49.7 Å². The predicted octanol–water partition coefficient (Wildman–Crippen LogP) is 3.79. The van der Waals surface area contributed by atoms with E-state index in [2.05, 4.69) is 4.98 Å². The molecule has 0 saturated carbocycles. The lowest BCUT2D eigenvalue weighted by Crippen LogP contribution is -2.37. The Hall–Kier alpha value is -3.74. The van der Waals surface area contributed by atoms with Crippen molar-refractivity contribution in [3.63, 3.8) is 0 Å². The summed E-state index contributed by atoms with van der Waals surface area (Å²) < 4.78 is 19.8. The van der Waals surface area contributed by atoms with Gasteiger partial charge in [0.25, 0.3) is 11.8 Å². The summed E-state index contributed by atoms with van der Waals surface area (Å²) in [5, 5.41) is 0. The van der Waals surface area contributed by atoms with E-state index in [4.69, 9.17) is 4.74 Å². The highest BCUT2D eigenvalue weighted by Crippen LogP contribution is 2.18. The molecule has 0 radical (unpaired) electrons. The van der Waals surface area contributed by atoms with Gasteiger partial charge in [0.15, 0.2) is 0 Å². The molecule has 0 aliphatic carbocycles. The number of benzene rings is 2. The molecular formula is C25H24FN3O3. The minimum Gasteiger partial charge on any atom is -0.489 e. The molecule has 0 spiro atoms. The van der Waals surface area contributed by atoms with E-state index in [0.717, 1.165) is 5.56 Å². The number of aromatic nitrogens is 1. The number of hydrogen-bond donors (Lipinski definition) is 0. The first kappa shape index (κ1) is 21.5. The fourth-order valence-electron chi connectivity index (χ4n) is 3.68. The maximum absolute atomic E-state index is 14.0. The maximum atomic E-state index is 14.0. The molecule has 7 heteroatoms. The Morgan fingerprint density at radius 3 is 2.44 bits per heavy atom. The fourth-order valence-corrected chi connectivity index (χ4v) is 3.68. The van der Waals surface area contributed by atoms with Gasteiger partial charge in [-0.3, -0.25) is 14.6 Å². The third-order valence-corrected chi connectivity index (χ3v) is 5.38. The molecule has 2 heterocycles. The Morgan fingerprint density at radius 2 is 1.69 bits per heavy atom. The standard InChI is InChI=1S/C25H24FN3O3/c26-23-10-2-1-9-22(23)25(31)29-13-5-12-28(14-15-29)24(30)20-7-3-8-21(16-20)32-18-19-6-4-11-27-17-19/h1-4,6-11,16-17H,5,12-15,18H2. The summed E-state index contributed by atoms with van der Waals surface area (Å²) in [6.45, 7) is 2.12. The van der Waals surface area contributed by atoms with Crippen molar-refractivity contribution in [3.05, 3.63) is 95.6 Å². The van der Waals surface area contributed by atoms with Gasteiger partial charge in [-0.15, -0.1) is 0 Å². The summed E-state index contributed by atoms with van der Waals surface area (Å²) in [7, 11) is 0.